The van der Waals surface area contributed by atoms with Gasteiger partial charge in [0.05, 0.1) is 6.10 Å². The molecule has 3 heteroatoms. The Labute approximate surface area is 128 Å². The maximum Gasteiger partial charge on any atom is 0.0583 e. The first-order valence-corrected chi connectivity index (χ1v) is 8.18. The van der Waals surface area contributed by atoms with Gasteiger partial charge in [0.15, 0.2) is 0 Å². The van der Waals surface area contributed by atoms with E-state index in [9.17, 15) is 5.11 Å². The predicted octanol–water partition coefficient (Wildman–Crippen LogP) is 2.42. The van der Waals surface area contributed by atoms with E-state index in [1.165, 1.54) is 12.0 Å². The van der Waals surface area contributed by atoms with Gasteiger partial charge in [0.1, 0.15) is 0 Å². The third-order valence-electron chi connectivity index (χ3n) is 5.53. The molecule has 1 aromatic rings. The van der Waals surface area contributed by atoms with Crippen LogP contribution in [0.4, 0.5) is 0 Å². The zero-order chi connectivity index (χ0) is 15.0. The minimum absolute atomic E-state index is 0.0327. The second-order valence-electron chi connectivity index (χ2n) is 7.64. The molecule has 1 aliphatic carbocycles. The van der Waals surface area contributed by atoms with Crippen molar-refractivity contribution in [2.75, 3.05) is 19.6 Å². The SMILES string of the molecule is CC(C)(CN1CC2CCC(O)C2C1)C(N)c1ccccc1. The van der Waals surface area contributed by atoms with E-state index in [0.29, 0.717) is 11.8 Å². The molecule has 1 saturated heterocycles. The Balaban J connectivity index is 1.64. The van der Waals surface area contributed by atoms with Gasteiger partial charge in [-0.1, -0.05) is 44.2 Å². The summed E-state index contributed by atoms with van der Waals surface area (Å²) in [5.74, 6) is 1.19. The lowest BCUT2D eigenvalue weighted by Crippen LogP contribution is -2.40. The Morgan fingerprint density at radius 2 is 1.95 bits per heavy atom. The molecule has 2 aliphatic rings. The van der Waals surface area contributed by atoms with Crippen LogP contribution in [-0.2, 0) is 0 Å². The zero-order valence-electron chi connectivity index (χ0n) is 13.2. The third-order valence-corrected chi connectivity index (χ3v) is 5.53. The number of nitrogens with two attached hydrogens (primary N) is 1. The highest BCUT2D eigenvalue weighted by Crippen LogP contribution is 2.40. The van der Waals surface area contributed by atoms with Gasteiger partial charge in [0.2, 0.25) is 0 Å². The summed E-state index contributed by atoms with van der Waals surface area (Å²) in [6.07, 6.45) is 2.11. The van der Waals surface area contributed by atoms with Crippen LogP contribution in [0, 0.1) is 17.3 Å². The van der Waals surface area contributed by atoms with Gasteiger partial charge in [-0.3, -0.25) is 0 Å². The van der Waals surface area contributed by atoms with Crippen LogP contribution >= 0.6 is 0 Å². The minimum Gasteiger partial charge on any atom is -0.393 e. The summed E-state index contributed by atoms with van der Waals surface area (Å²) in [4.78, 5) is 2.51. The van der Waals surface area contributed by atoms with Crippen molar-refractivity contribution in [1.29, 1.82) is 0 Å². The lowest BCUT2D eigenvalue weighted by molar-refractivity contribution is 0.113. The second-order valence-corrected chi connectivity index (χ2v) is 7.64. The van der Waals surface area contributed by atoms with Crippen LogP contribution in [0.15, 0.2) is 30.3 Å². The van der Waals surface area contributed by atoms with E-state index in [-0.39, 0.29) is 17.6 Å². The predicted molar refractivity (Wildman–Crippen MR) is 85.8 cm³/mol. The summed E-state index contributed by atoms with van der Waals surface area (Å²) >= 11 is 0. The zero-order valence-corrected chi connectivity index (χ0v) is 13.2. The molecule has 0 aromatic heterocycles. The van der Waals surface area contributed by atoms with Crippen LogP contribution in [0.2, 0.25) is 0 Å². The first-order chi connectivity index (χ1) is 9.97. The summed E-state index contributed by atoms with van der Waals surface area (Å²) in [6.45, 7) is 7.69. The summed E-state index contributed by atoms with van der Waals surface area (Å²) in [5, 5.41) is 10.1. The smallest absolute Gasteiger partial charge is 0.0583 e. The van der Waals surface area contributed by atoms with Crippen molar-refractivity contribution in [3.8, 4) is 0 Å². The average Bonchev–Trinajstić information content (AvgIpc) is 3.00. The first-order valence-electron chi connectivity index (χ1n) is 8.18. The molecule has 4 atom stereocenters. The Kier molecular flexibility index (Phi) is 4.08. The highest BCUT2D eigenvalue weighted by atomic mass is 16.3. The van der Waals surface area contributed by atoms with Gasteiger partial charge < -0.3 is 15.7 Å². The van der Waals surface area contributed by atoms with Gasteiger partial charge in [-0.05, 0) is 29.7 Å². The van der Waals surface area contributed by atoms with Crippen molar-refractivity contribution < 1.29 is 5.11 Å². The van der Waals surface area contributed by atoms with Crippen molar-refractivity contribution in [3.05, 3.63) is 35.9 Å². The molecule has 116 valence electrons. The monoisotopic (exact) mass is 288 g/mol. The van der Waals surface area contributed by atoms with Gasteiger partial charge in [0, 0.05) is 31.6 Å². The molecule has 4 unspecified atom stereocenters. The number of likely N-dealkylation sites (tertiary alicyclic amines) is 1. The highest BCUT2D eigenvalue weighted by molar-refractivity contribution is 5.20. The van der Waals surface area contributed by atoms with Crippen LogP contribution in [0.3, 0.4) is 0 Å². The molecule has 1 aliphatic heterocycles. The van der Waals surface area contributed by atoms with E-state index in [0.717, 1.165) is 26.1 Å². The molecule has 1 heterocycles. The number of nitrogens with zero attached hydrogens (tertiary/aromatic N) is 1. The lowest BCUT2D eigenvalue weighted by atomic mass is 9.80. The van der Waals surface area contributed by atoms with E-state index in [4.69, 9.17) is 5.73 Å². The molecule has 1 saturated carbocycles. The molecule has 3 rings (SSSR count). The maximum absolute atomic E-state index is 10.1. The first kappa shape index (κ1) is 15.0. The quantitative estimate of drug-likeness (QED) is 0.894. The second kappa shape index (κ2) is 5.71. The van der Waals surface area contributed by atoms with Gasteiger partial charge in [0.25, 0.3) is 0 Å². The van der Waals surface area contributed by atoms with Gasteiger partial charge >= 0.3 is 0 Å². The lowest BCUT2D eigenvalue weighted by Gasteiger charge is -2.36. The van der Waals surface area contributed by atoms with E-state index in [1.54, 1.807) is 0 Å². The molecular weight excluding hydrogens is 260 g/mol. The number of fused-ring (bicyclic) bond motifs is 1. The molecule has 21 heavy (non-hydrogen) atoms. The van der Waals surface area contributed by atoms with Crippen molar-refractivity contribution in [1.82, 2.24) is 4.90 Å². The molecule has 1 aromatic carbocycles. The molecule has 2 fully saturated rings. The summed E-state index contributed by atoms with van der Waals surface area (Å²) < 4.78 is 0. The molecule has 3 nitrogen and oxygen atoms in total. The highest BCUT2D eigenvalue weighted by Gasteiger charge is 2.43. The van der Waals surface area contributed by atoms with E-state index in [1.807, 2.05) is 6.07 Å². The van der Waals surface area contributed by atoms with Crippen LogP contribution < -0.4 is 5.73 Å². The van der Waals surface area contributed by atoms with Crippen LogP contribution in [0.25, 0.3) is 0 Å². The average molecular weight is 288 g/mol. The Bertz CT molecular complexity index is 473. The van der Waals surface area contributed by atoms with Crippen molar-refractivity contribution in [2.24, 2.45) is 23.0 Å². The molecule has 0 radical (unpaired) electrons. The number of hydrogen-bond donors (Lipinski definition) is 2. The molecule has 0 bridgehead atoms. The van der Waals surface area contributed by atoms with Gasteiger partial charge in [-0.2, -0.15) is 0 Å². The number of aliphatic hydroxyl groups is 1. The largest absolute Gasteiger partial charge is 0.393 e. The molecular formula is C18H28N2O. The van der Waals surface area contributed by atoms with Crippen LogP contribution in [0.5, 0.6) is 0 Å². The molecule has 3 N–H and O–H groups in total. The molecule has 0 amide bonds. The normalized spacial score (nSPS) is 31.3. The third kappa shape index (κ3) is 3.01. The summed E-state index contributed by atoms with van der Waals surface area (Å²) in [7, 11) is 0. The standard InChI is InChI=1S/C18H28N2O/c1-18(2,17(19)13-6-4-3-5-7-13)12-20-10-14-8-9-16(21)15(14)11-20/h3-7,14-17,21H,8-12,19H2,1-2H3. The van der Waals surface area contributed by atoms with Crippen molar-refractivity contribution in [2.45, 2.75) is 38.8 Å². The Hall–Kier alpha value is -0.900. The van der Waals surface area contributed by atoms with Crippen molar-refractivity contribution in [3.63, 3.8) is 0 Å². The Morgan fingerprint density at radius 3 is 2.62 bits per heavy atom. The van der Waals surface area contributed by atoms with E-state index in [2.05, 4.69) is 43.0 Å². The van der Waals surface area contributed by atoms with E-state index >= 15 is 0 Å². The maximum atomic E-state index is 10.1. The fourth-order valence-electron chi connectivity index (χ4n) is 4.24. The van der Waals surface area contributed by atoms with E-state index < -0.39 is 0 Å². The van der Waals surface area contributed by atoms with Crippen molar-refractivity contribution >= 4 is 0 Å². The van der Waals surface area contributed by atoms with Crippen LogP contribution in [-0.4, -0.2) is 35.7 Å². The summed E-state index contributed by atoms with van der Waals surface area (Å²) in [6, 6.07) is 10.4. The number of benzene rings is 1. The fraction of sp³-hybridized carbons (Fsp3) is 0.667. The molecule has 0 spiro atoms. The van der Waals surface area contributed by atoms with Crippen LogP contribution in [0.1, 0.15) is 38.3 Å². The minimum atomic E-state index is -0.0779. The fourth-order valence-corrected chi connectivity index (χ4v) is 4.24. The van der Waals surface area contributed by atoms with Gasteiger partial charge in [-0.15, -0.1) is 0 Å². The Morgan fingerprint density at radius 1 is 1.24 bits per heavy atom. The topological polar surface area (TPSA) is 49.5 Å². The number of rotatable bonds is 4. The summed E-state index contributed by atoms with van der Waals surface area (Å²) in [5.41, 5.74) is 7.76. The van der Waals surface area contributed by atoms with Gasteiger partial charge in [-0.25, -0.2) is 0 Å². The number of aliphatic hydroxyl groups excluding tert-OH is 1. The number of hydrogen-bond acceptors (Lipinski definition) is 3.